The first kappa shape index (κ1) is 16.5. The van der Waals surface area contributed by atoms with Crippen molar-refractivity contribution in [2.75, 3.05) is 7.11 Å². The SMILES string of the molecule is COc1ccccc1Cn1cc(C=C2NC(=O)SC2=O)c2ccccc21. The Bertz CT molecular complexity index is 1050. The molecule has 0 aliphatic carbocycles. The third-order valence-electron chi connectivity index (χ3n) is 4.29. The molecule has 6 heteroatoms. The number of ether oxygens (including phenoxy) is 1. The molecule has 1 aromatic heterocycles. The van der Waals surface area contributed by atoms with Crippen LogP contribution in [0.3, 0.4) is 0 Å². The molecule has 2 heterocycles. The van der Waals surface area contributed by atoms with Crippen LogP contribution in [-0.2, 0) is 11.3 Å². The molecule has 2 aromatic carbocycles. The Morgan fingerprint density at radius 1 is 1.12 bits per heavy atom. The fourth-order valence-electron chi connectivity index (χ4n) is 3.11. The molecule has 0 atom stereocenters. The number of carbonyl (C=O) groups is 2. The molecular formula is C20H16N2O3S. The second-order valence-electron chi connectivity index (χ2n) is 5.90. The number of rotatable bonds is 4. The summed E-state index contributed by atoms with van der Waals surface area (Å²) in [6.45, 7) is 0.642. The van der Waals surface area contributed by atoms with Crippen molar-refractivity contribution in [1.29, 1.82) is 0 Å². The highest BCUT2D eigenvalue weighted by Crippen LogP contribution is 2.28. The topological polar surface area (TPSA) is 60.3 Å². The number of hydrogen-bond donors (Lipinski definition) is 1. The van der Waals surface area contributed by atoms with Crippen molar-refractivity contribution in [2.24, 2.45) is 0 Å². The van der Waals surface area contributed by atoms with Gasteiger partial charge in [0.15, 0.2) is 0 Å². The van der Waals surface area contributed by atoms with Gasteiger partial charge in [-0.25, -0.2) is 0 Å². The number of hydrogen-bond acceptors (Lipinski definition) is 4. The van der Waals surface area contributed by atoms with E-state index in [-0.39, 0.29) is 10.4 Å². The Morgan fingerprint density at radius 3 is 2.65 bits per heavy atom. The van der Waals surface area contributed by atoms with E-state index in [1.54, 1.807) is 13.2 Å². The molecule has 0 bridgehead atoms. The van der Waals surface area contributed by atoms with Gasteiger partial charge in [0.1, 0.15) is 5.75 Å². The summed E-state index contributed by atoms with van der Waals surface area (Å²) in [6, 6.07) is 15.9. The third kappa shape index (κ3) is 2.99. The molecule has 1 N–H and O–H groups in total. The second-order valence-corrected chi connectivity index (χ2v) is 6.85. The van der Waals surface area contributed by atoms with Crippen molar-refractivity contribution in [3.05, 3.63) is 71.6 Å². The van der Waals surface area contributed by atoms with Crippen molar-refractivity contribution in [2.45, 2.75) is 6.54 Å². The van der Waals surface area contributed by atoms with Gasteiger partial charge in [0, 0.05) is 40.0 Å². The number of fused-ring (bicyclic) bond motifs is 1. The van der Waals surface area contributed by atoms with Crippen molar-refractivity contribution in [3.8, 4) is 5.75 Å². The first-order valence-corrected chi connectivity index (χ1v) is 8.92. The highest BCUT2D eigenvalue weighted by Gasteiger charge is 2.25. The van der Waals surface area contributed by atoms with Gasteiger partial charge in [-0.2, -0.15) is 0 Å². The van der Waals surface area contributed by atoms with Gasteiger partial charge < -0.3 is 14.6 Å². The van der Waals surface area contributed by atoms with Crippen LogP contribution in [0.5, 0.6) is 5.75 Å². The van der Waals surface area contributed by atoms with Crippen molar-refractivity contribution >= 4 is 39.1 Å². The van der Waals surface area contributed by atoms with Crippen LogP contribution in [0.25, 0.3) is 17.0 Å². The lowest BCUT2D eigenvalue weighted by Gasteiger charge is -2.10. The van der Waals surface area contributed by atoms with Crippen LogP contribution in [0.15, 0.2) is 60.4 Å². The van der Waals surface area contributed by atoms with Crippen LogP contribution < -0.4 is 10.1 Å². The summed E-state index contributed by atoms with van der Waals surface area (Å²) >= 11 is 0.687. The number of carbonyl (C=O) groups excluding carboxylic acids is 2. The molecule has 130 valence electrons. The minimum atomic E-state index is -0.334. The Balaban J connectivity index is 1.78. The molecule has 0 saturated carbocycles. The summed E-state index contributed by atoms with van der Waals surface area (Å²) in [5.74, 6) is 0.833. The first-order chi connectivity index (χ1) is 12.7. The molecule has 1 amide bonds. The molecule has 26 heavy (non-hydrogen) atoms. The van der Waals surface area contributed by atoms with Gasteiger partial charge >= 0.3 is 0 Å². The Morgan fingerprint density at radius 2 is 1.88 bits per heavy atom. The summed E-state index contributed by atoms with van der Waals surface area (Å²) in [7, 11) is 1.66. The summed E-state index contributed by atoms with van der Waals surface area (Å²) < 4.78 is 7.57. The normalized spacial score (nSPS) is 15.7. The molecule has 0 unspecified atom stereocenters. The molecule has 5 nitrogen and oxygen atoms in total. The number of benzene rings is 2. The minimum Gasteiger partial charge on any atom is -0.496 e. The van der Waals surface area contributed by atoms with Crippen LogP contribution >= 0.6 is 11.8 Å². The van der Waals surface area contributed by atoms with Gasteiger partial charge in [0.25, 0.3) is 5.24 Å². The predicted octanol–water partition coefficient (Wildman–Crippen LogP) is 4.02. The second kappa shape index (κ2) is 6.72. The number of para-hydroxylation sites is 2. The van der Waals surface area contributed by atoms with E-state index in [0.717, 1.165) is 27.8 Å². The minimum absolute atomic E-state index is 0.253. The maximum Gasteiger partial charge on any atom is 0.291 e. The van der Waals surface area contributed by atoms with E-state index < -0.39 is 0 Å². The molecule has 3 aromatic rings. The van der Waals surface area contributed by atoms with Gasteiger partial charge in [0.2, 0.25) is 5.12 Å². The number of nitrogens with zero attached hydrogens (tertiary/aromatic N) is 1. The van der Waals surface area contributed by atoms with Crippen LogP contribution in [-0.4, -0.2) is 22.0 Å². The van der Waals surface area contributed by atoms with Gasteiger partial charge in [-0.3, -0.25) is 9.59 Å². The summed E-state index contributed by atoms with van der Waals surface area (Å²) in [5, 5.41) is 3.04. The van der Waals surface area contributed by atoms with Crippen LogP contribution in [0.4, 0.5) is 4.79 Å². The fourth-order valence-corrected chi connectivity index (χ4v) is 3.66. The van der Waals surface area contributed by atoms with E-state index in [0.29, 0.717) is 24.0 Å². The Labute approximate surface area is 154 Å². The van der Waals surface area contributed by atoms with Crippen molar-refractivity contribution in [3.63, 3.8) is 0 Å². The molecule has 1 aliphatic heterocycles. The molecule has 1 aliphatic rings. The van der Waals surface area contributed by atoms with Crippen LogP contribution in [0.1, 0.15) is 11.1 Å². The van der Waals surface area contributed by atoms with E-state index >= 15 is 0 Å². The molecule has 4 rings (SSSR count). The average Bonchev–Trinajstić information content (AvgIpc) is 3.15. The van der Waals surface area contributed by atoms with Gasteiger partial charge in [-0.1, -0.05) is 36.4 Å². The van der Waals surface area contributed by atoms with E-state index in [4.69, 9.17) is 4.74 Å². The van der Waals surface area contributed by atoms with Gasteiger partial charge in [-0.05, 0) is 18.2 Å². The highest BCUT2D eigenvalue weighted by molar-refractivity contribution is 8.27. The number of aromatic nitrogens is 1. The van der Waals surface area contributed by atoms with Crippen LogP contribution in [0.2, 0.25) is 0 Å². The molecule has 1 saturated heterocycles. The first-order valence-electron chi connectivity index (χ1n) is 8.10. The van der Waals surface area contributed by atoms with Crippen molar-refractivity contribution in [1.82, 2.24) is 9.88 Å². The lowest BCUT2D eigenvalue weighted by Crippen LogP contribution is -2.10. The standard InChI is InChI=1S/C20H16N2O3S/c1-25-18-9-5-2-6-13(18)11-22-12-14(15-7-3-4-8-17(15)22)10-16-19(23)26-20(24)21-16/h2-10,12H,11H2,1H3,(H,21,24). The van der Waals surface area contributed by atoms with E-state index in [2.05, 4.69) is 9.88 Å². The lowest BCUT2D eigenvalue weighted by atomic mass is 10.1. The van der Waals surface area contributed by atoms with Crippen LogP contribution in [0, 0.1) is 0 Å². The number of nitrogens with one attached hydrogen (secondary N) is 1. The molecular weight excluding hydrogens is 348 g/mol. The third-order valence-corrected chi connectivity index (χ3v) is 4.99. The number of methoxy groups -OCH3 is 1. The van der Waals surface area contributed by atoms with E-state index in [1.165, 1.54) is 0 Å². The zero-order chi connectivity index (χ0) is 18.1. The predicted molar refractivity (Wildman–Crippen MR) is 103 cm³/mol. The van der Waals surface area contributed by atoms with E-state index in [9.17, 15) is 9.59 Å². The number of thioether (sulfide) groups is 1. The maximum atomic E-state index is 11.9. The average molecular weight is 364 g/mol. The molecule has 1 fully saturated rings. The fraction of sp³-hybridized carbons (Fsp3) is 0.100. The number of amides is 1. The molecule has 0 spiro atoms. The Hall–Kier alpha value is -2.99. The zero-order valence-electron chi connectivity index (χ0n) is 14.1. The van der Waals surface area contributed by atoms with Gasteiger partial charge in [0.05, 0.1) is 19.4 Å². The van der Waals surface area contributed by atoms with E-state index in [1.807, 2.05) is 54.7 Å². The molecule has 0 radical (unpaired) electrons. The Kier molecular flexibility index (Phi) is 4.26. The lowest BCUT2D eigenvalue weighted by molar-refractivity contribution is -0.107. The van der Waals surface area contributed by atoms with Gasteiger partial charge in [-0.15, -0.1) is 0 Å². The van der Waals surface area contributed by atoms with Crippen molar-refractivity contribution < 1.29 is 14.3 Å². The highest BCUT2D eigenvalue weighted by atomic mass is 32.2. The quantitative estimate of drug-likeness (QED) is 0.710. The monoisotopic (exact) mass is 364 g/mol. The summed E-state index contributed by atoms with van der Waals surface area (Å²) in [6.07, 6.45) is 3.73. The largest absolute Gasteiger partial charge is 0.496 e. The maximum absolute atomic E-state index is 11.9. The summed E-state index contributed by atoms with van der Waals surface area (Å²) in [5.41, 5.74) is 3.33. The smallest absolute Gasteiger partial charge is 0.291 e. The summed E-state index contributed by atoms with van der Waals surface area (Å²) in [4.78, 5) is 23.3. The zero-order valence-corrected chi connectivity index (χ0v) is 14.9.